The molecule has 1 fully saturated rings. The number of nitrogens with two attached hydrogens (primary N) is 2. The summed E-state index contributed by atoms with van der Waals surface area (Å²) in [5.41, 5.74) is 11.5. The van der Waals surface area contributed by atoms with Crippen LogP contribution in [0.5, 0.6) is 5.88 Å². The summed E-state index contributed by atoms with van der Waals surface area (Å²) in [7, 11) is 0. The zero-order valence-corrected chi connectivity index (χ0v) is 19.9. The Morgan fingerprint density at radius 3 is 2.42 bits per heavy atom. The number of pyridine rings is 1. The number of anilines is 2. The number of nitrogens with zero attached hydrogens (tertiary/aromatic N) is 4. The molecule has 0 bridgehead atoms. The highest BCUT2D eigenvalue weighted by atomic mass is 19.4. The molecule has 38 heavy (non-hydrogen) atoms. The van der Waals surface area contributed by atoms with Crippen molar-refractivity contribution in [2.24, 2.45) is 5.73 Å². The third-order valence-electron chi connectivity index (χ3n) is 6.05. The first kappa shape index (κ1) is 27.0. The summed E-state index contributed by atoms with van der Waals surface area (Å²) in [4.78, 5) is 25.8. The second-order valence-corrected chi connectivity index (χ2v) is 8.63. The average molecular weight is 537 g/mol. The van der Waals surface area contributed by atoms with Gasteiger partial charge in [0.2, 0.25) is 11.8 Å². The highest BCUT2D eigenvalue weighted by Crippen LogP contribution is 2.32. The lowest BCUT2D eigenvalue weighted by Gasteiger charge is -2.33. The number of ether oxygens (including phenoxy) is 1. The van der Waals surface area contributed by atoms with E-state index in [9.17, 15) is 26.7 Å². The summed E-state index contributed by atoms with van der Waals surface area (Å²) in [5, 5.41) is 2.27. The van der Waals surface area contributed by atoms with Gasteiger partial charge in [0.15, 0.2) is 0 Å². The third-order valence-corrected chi connectivity index (χ3v) is 6.05. The molecule has 0 aliphatic carbocycles. The summed E-state index contributed by atoms with van der Waals surface area (Å²) in [5.74, 6) is -2.18. The molecule has 0 radical (unpaired) electrons. The van der Waals surface area contributed by atoms with Crippen molar-refractivity contribution in [2.75, 3.05) is 30.7 Å². The van der Waals surface area contributed by atoms with E-state index in [4.69, 9.17) is 16.2 Å². The predicted octanol–water partition coefficient (Wildman–Crippen LogP) is 4.24. The van der Waals surface area contributed by atoms with E-state index in [0.717, 1.165) is 18.2 Å². The Hall–Kier alpha value is -4.07. The molecule has 2 amide bonds. The molecule has 1 aliphatic rings. The highest BCUT2D eigenvalue weighted by Gasteiger charge is 2.33. The van der Waals surface area contributed by atoms with Crippen LogP contribution in [0.3, 0.4) is 0 Å². The molecule has 1 unspecified atom stereocenters. The van der Waals surface area contributed by atoms with Crippen molar-refractivity contribution in [1.82, 2.24) is 19.9 Å². The van der Waals surface area contributed by atoms with Crippen LogP contribution >= 0.6 is 0 Å². The van der Waals surface area contributed by atoms with E-state index in [2.05, 4.69) is 20.3 Å². The van der Waals surface area contributed by atoms with Crippen LogP contribution in [0, 0.1) is 11.6 Å². The van der Waals surface area contributed by atoms with Crippen LogP contribution in [-0.4, -0.2) is 45.6 Å². The van der Waals surface area contributed by atoms with Gasteiger partial charge in [-0.3, -0.25) is 0 Å². The molecular formula is C24H24F5N7O2. The molecule has 5 N–H and O–H groups in total. The maximum Gasteiger partial charge on any atom is 0.433 e. The minimum atomic E-state index is -4.62. The van der Waals surface area contributed by atoms with Crippen LogP contribution in [0.4, 0.5) is 38.4 Å². The van der Waals surface area contributed by atoms with Crippen molar-refractivity contribution < 1.29 is 31.5 Å². The second kappa shape index (κ2) is 11.1. The quantitative estimate of drug-likeness (QED) is 0.401. The number of alkyl halides is 3. The fourth-order valence-electron chi connectivity index (χ4n) is 4.11. The van der Waals surface area contributed by atoms with Crippen LogP contribution < -0.4 is 21.5 Å². The number of carbonyl (C=O) groups is 1. The van der Waals surface area contributed by atoms with Gasteiger partial charge in [-0.2, -0.15) is 13.2 Å². The topological polar surface area (TPSA) is 132 Å². The molecule has 1 aromatic carbocycles. The number of rotatable bonds is 6. The molecule has 1 saturated heterocycles. The first-order chi connectivity index (χ1) is 18.0. The van der Waals surface area contributed by atoms with Gasteiger partial charge in [0.25, 0.3) is 0 Å². The van der Waals surface area contributed by atoms with Gasteiger partial charge in [-0.25, -0.2) is 28.5 Å². The summed E-state index contributed by atoms with van der Waals surface area (Å²) in [6, 6.07) is 5.13. The minimum Gasteiger partial charge on any atom is -0.476 e. The lowest BCUT2D eigenvalue weighted by molar-refractivity contribution is -0.141. The molecule has 1 atom stereocenters. The molecule has 4 rings (SSSR count). The number of hydrogen-bond donors (Lipinski definition) is 3. The van der Waals surface area contributed by atoms with E-state index in [1.165, 1.54) is 29.3 Å². The average Bonchev–Trinajstić information content (AvgIpc) is 2.89. The molecule has 14 heteroatoms. The van der Waals surface area contributed by atoms with E-state index in [1.807, 2.05) is 0 Å². The van der Waals surface area contributed by atoms with Gasteiger partial charge in [0, 0.05) is 36.8 Å². The molecule has 2 aromatic heterocycles. The van der Waals surface area contributed by atoms with E-state index in [1.54, 1.807) is 0 Å². The van der Waals surface area contributed by atoms with Crippen LogP contribution in [0.2, 0.25) is 0 Å². The van der Waals surface area contributed by atoms with E-state index in [-0.39, 0.29) is 37.4 Å². The second-order valence-electron chi connectivity index (χ2n) is 8.63. The number of amides is 2. The Bertz CT molecular complexity index is 1280. The first-order valence-electron chi connectivity index (χ1n) is 11.6. The number of urea groups is 1. The normalized spacial score (nSPS) is 15.3. The number of hydrogen-bond acceptors (Lipinski definition) is 7. The molecular weight excluding hydrogens is 513 g/mol. The van der Waals surface area contributed by atoms with Gasteiger partial charge < -0.3 is 26.4 Å². The monoisotopic (exact) mass is 537 g/mol. The van der Waals surface area contributed by atoms with Crippen LogP contribution in [0.1, 0.15) is 41.8 Å². The van der Waals surface area contributed by atoms with Crippen LogP contribution in [-0.2, 0) is 6.18 Å². The first-order valence-corrected chi connectivity index (χ1v) is 11.6. The van der Waals surface area contributed by atoms with Gasteiger partial charge in [-0.1, -0.05) is 12.1 Å². The number of nitrogen functional groups attached to an aromatic ring is 1. The third kappa shape index (κ3) is 6.25. The molecule has 3 aromatic rings. The van der Waals surface area contributed by atoms with Gasteiger partial charge in [0.1, 0.15) is 29.6 Å². The summed E-state index contributed by atoms with van der Waals surface area (Å²) < 4.78 is 71.9. The van der Waals surface area contributed by atoms with Gasteiger partial charge >= 0.3 is 12.2 Å². The summed E-state index contributed by atoms with van der Waals surface area (Å²) in [6.45, 7) is 0.315. The summed E-state index contributed by atoms with van der Waals surface area (Å²) in [6.07, 6.45) is -2.29. The zero-order valence-electron chi connectivity index (χ0n) is 19.9. The van der Waals surface area contributed by atoms with E-state index >= 15 is 0 Å². The molecule has 0 saturated carbocycles. The predicted molar refractivity (Wildman–Crippen MR) is 127 cm³/mol. The molecule has 1 aliphatic heterocycles. The van der Waals surface area contributed by atoms with Crippen molar-refractivity contribution in [3.63, 3.8) is 0 Å². The van der Waals surface area contributed by atoms with E-state index < -0.39 is 41.3 Å². The van der Waals surface area contributed by atoms with E-state index in [0.29, 0.717) is 24.1 Å². The Morgan fingerprint density at radius 2 is 1.76 bits per heavy atom. The van der Waals surface area contributed by atoms with Gasteiger partial charge in [-0.15, -0.1) is 0 Å². The number of halogens is 5. The Labute approximate surface area is 214 Å². The minimum absolute atomic E-state index is 0.00612. The number of para-hydroxylation sites is 1. The Kier molecular flexibility index (Phi) is 7.90. The number of benzene rings is 1. The van der Waals surface area contributed by atoms with Crippen molar-refractivity contribution in [3.8, 4) is 5.88 Å². The van der Waals surface area contributed by atoms with Gasteiger partial charge in [-0.05, 0) is 31.0 Å². The maximum atomic E-state index is 13.9. The van der Waals surface area contributed by atoms with Gasteiger partial charge in [0.05, 0.1) is 11.7 Å². The summed E-state index contributed by atoms with van der Waals surface area (Å²) >= 11 is 0. The smallest absolute Gasteiger partial charge is 0.433 e. The fraction of sp³-hybridized carbons (Fsp3) is 0.333. The highest BCUT2D eigenvalue weighted by molar-refractivity contribution is 5.89. The fourth-order valence-corrected chi connectivity index (χ4v) is 4.11. The van der Waals surface area contributed by atoms with Crippen molar-refractivity contribution >= 4 is 17.7 Å². The van der Waals surface area contributed by atoms with Crippen LogP contribution in [0.25, 0.3) is 0 Å². The lowest BCUT2D eigenvalue weighted by Crippen LogP contribution is -2.41. The molecule has 0 spiro atoms. The number of aromatic nitrogens is 3. The number of likely N-dealkylation sites (tertiary alicyclic amines) is 1. The Balaban J connectivity index is 1.41. The largest absolute Gasteiger partial charge is 0.476 e. The van der Waals surface area contributed by atoms with Crippen molar-refractivity contribution in [2.45, 2.75) is 31.0 Å². The Morgan fingerprint density at radius 1 is 1.11 bits per heavy atom. The zero-order chi connectivity index (χ0) is 27.4. The lowest BCUT2D eigenvalue weighted by atomic mass is 9.89. The number of nitrogens with one attached hydrogen (secondary N) is 1. The standard InChI is InChI=1S/C24H24F5N7O2/c25-15-3-1-4-16(26)21(15)35-23(37)36-9-7-13(8-10-36)20-14(11-32-22(31)34-20)17(30)12-38-19-6-2-5-18(33-19)24(27,28)29/h1-6,11,13,17H,7-10,12,30H2,(H,35,37)(H2,31,32,34). The molecule has 3 heterocycles. The van der Waals surface area contributed by atoms with Crippen LogP contribution in [0.15, 0.2) is 42.6 Å². The maximum absolute atomic E-state index is 13.9. The molecule has 9 nitrogen and oxygen atoms in total. The molecule has 202 valence electrons. The number of piperidine rings is 1. The number of carbonyl (C=O) groups excluding carboxylic acids is 1. The van der Waals surface area contributed by atoms with Crippen molar-refractivity contribution in [1.29, 1.82) is 0 Å². The SMILES string of the molecule is Nc1ncc(C(N)COc2cccc(C(F)(F)F)n2)c(C2CCN(C(=O)Nc3c(F)cccc3F)CC2)n1. The van der Waals surface area contributed by atoms with Crippen molar-refractivity contribution in [3.05, 3.63) is 71.2 Å².